The summed E-state index contributed by atoms with van der Waals surface area (Å²) < 4.78 is 13.5. The van der Waals surface area contributed by atoms with E-state index in [1.54, 1.807) is 23.5 Å². The van der Waals surface area contributed by atoms with E-state index >= 15 is 0 Å². The lowest BCUT2D eigenvalue weighted by Crippen LogP contribution is -2.40. The molecule has 0 N–H and O–H groups in total. The Labute approximate surface area is 211 Å². The first-order valence-corrected chi connectivity index (χ1v) is 12.7. The highest BCUT2D eigenvalue weighted by Gasteiger charge is 2.28. The minimum Gasteiger partial charge on any atom is -0.497 e. The van der Waals surface area contributed by atoms with Crippen LogP contribution in [0.4, 0.5) is 4.79 Å². The summed E-state index contributed by atoms with van der Waals surface area (Å²) >= 11 is 1.41. The number of carbonyl (C=O) groups is 1. The summed E-state index contributed by atoms with van der Waals surface area (Å²) in [4.78, 5) is 43.0. The van der Waals surface area contributed by atoms with Crippen LogP contribution < -0.4 is 16.0 Å². The molecule has 1 aliphatic heterocycles. The van der Waals surface area contributed by atoms with Gasteiger partial charge in [-0.2, -0.15) is 0 Å². The van der Waals surface area contributed by atoms with Crippen molar-refractivity contribution in [3.63, 3.8) is 0 Å². The van der Waals surface area contributed by atoms with Gasteiger partial charge in [0.2, 0.25) is 0 Å². The van der Waals surface area contributed by atoms with Gasteiger partial charge in [0.25, 0.3) is 5.56 Å². The van der Waals surface area contributed by atoms with Gasteiger partial charge in [0, 0.05) is 11.4 Å². The zero-order valence-corrected chi connectivity index (χ0v) is 21.0. The van der Waals surface area contributed by atoms with Gasteiger partial charge >= 0.3 is 11.8 Å². The van der Waals surface area contributed by atoms with Crippen molar-refractivity contribution in [2.75, 3.05) is 20.3 Å². The molecule has 0 bridgehead atoms. The van der Waals surface area contributed by atoms with Crippen LogP contribution in [0.1, 0.15) is 28.5 Å². The molecule has 0 atom stereocenters. The van der Waals surface area contributed by atoms with Crippen LogP contribution in [0.2, 0.25) is 0 Å². The lowest BCUT2D eigenvalue weighted by atomic mass is 10.1. The molecular formula is C27H27N3O5S. The van der Waals surface area contributed by atoms with Crippen molar-refractivity contribution in [1.82, 2.24) is 14.0 Å². The summed E-state index contributed by atoms with van der Waals surface area (Å²) in [6, 6.07) is 17.1. The average molecular weight is 506 g/mol. The summed E-state index contributed by atoms with van der Waals surface area (Å²) in [5.74, 6) is 0.699. The number of ether oxygens (including phenoxy) is 2. The number of nitrogens with zero attached hydrogens (tertiary/aromatic N) is 3. The third-order valence-electron chi connectivity index (χ3n) is 6.39. The van der Waals surface area contributed by atoms with Crippen LogP contribution in [0.25, 0.3) is 10.2 Å². The van der Waals surface area contributed by atoms with Gasteiger partial charge in [0.1, 0.15) is 10.6 Å². The fourth-order valence-electron chi connectivity index (χ4n) is 4.62. The molecule has 2 aromatic carbocycles. The van der Waals surface area contributed by atoms with Crippen molar-refractivity contribution in [3.8, 4) is 5.75 Å². The van der Waals surface area contributed by atoms with Crippen LogP contribution in [0.5, 0.6) is 5.75 Å². The molecule has 4 aromatic rings. The molecule has 2 aromatic heterocycles. The molecule has 0 unspecified atom stereocenters. The number of methoxy groups -OCH3 is 1. The first kappa shape index (κ1) is 23.9. The lowest BCUT2D eigenvalue weighted by molar-refractivity contribution is 0.103. The van der Waals surface area contributed by atoms with E-state index in [1.807, 2.05) is 54.6 Å². The second-order valence-electron chi connectivity index (χ2n) is 8.65. The fourth-order valence-corrected chi connectivity index (χ4v) is 5.97. The monoisotopic (exact) mass is 505 g/mol. The molecule has 0 fully saturated rings. The molecule has 0 saturated heterocycles. The Morgan fingerprint density at radius 1 is 1.00 bits per heavy atom. The van der Waals surface area contributed by atoms with E-state index in [0.29, 0.717) is 48.6 Å². The molecule has 0 radical (unpaired) electrons. The molecule has 8 nitrogen and oxygen atoms in total. The van der Waals surface area contributed by atoms with Crippen LogP contribution in [-0.2, 0) is 30.8 Å². The molecule has 3 heterocycles. The number of hydrogen-bond acceptors (Lipinski definition) is 6. The number of carbonyl (C=O) groups excluding carboxylic acids is 1. The highest BCUT2D eigenvalue weighted by Crippen LogP contribution is 2.33. The van der Waals surface area contributed by atoms with Crippen molar-refractivity contribution in [2.45, 2.75) is 33.0 Å². The fraction of sp³-hybridized carbons (Fsp3) is 0.296. The topological polar surface area (TPSA) is 82.8 Å². The highest BCUT2D eigenvalue weighted by molar-refractivity contribution is 7.18. The molecule has 1 amide bonds. The summed E-state index contributed by atoms with van der Waals surface area (Å²) in [6.45, 7) is 3.39. The van der Waals surface area contributed by atoms with Crippen LogP contribution in [0.3, 0.4) is 0 Å². The number of amides is 1. The number of fused-ring (bicyclic) bond motifs is 3. The van der Waals surface area contributed by atoms with Gasteiger partial charge in [0.05, 0.1) is 38.7 Å². The Balaban J connectivity index is 1.67. The van der Waals surface area contributed by atoms with E-state index in [1.165, 1.54) is 15.9 Å². The van der Waals surface area contributed by atoms with Crippen LogP contribution in [0, 0.1) is 0 Å². The van der Waals surface area contributed by atoms with E-state index in [2.05, 4.69) is 0 Å². The number of rotatable bonds is 6. The third kappa shape index (κ3) is 4.42. The maximum absolute atomic E-state index is 13.8. The van der Waals surface area contributed by atoms with Crippen LogP contribution in [-0.4, -0.2) is 40.4 Å². The van der Waals surface area contributed by atoms with E-state index in [-0.39, 0.29) is 23.9 Å². The second kappa shape index (κ2) is 10.0. The van der Waals surface area contributed by atoms with Gasteiger partial charge in [-0.25, -0.2) is 9.59 Å². The predicted molar refractivity (Wildman–Crippen MR) is 139 cm³/mol. The van der Waals surface area contributed by atoms with E-state index in [0.717, 1.165) is 21.6 Å². The maximum atomic E-state index is 13.8. The number of hydrogen-bond donors (Lipinski definition) is 0. The molecule has 36 heavy (non-hydrogen) atoms. The largest absolute Gasteiger partial charge is 0.497 e. The van der Waals surface area contributed by atoms with Gasteiger partial charge < -0.3 is 14.4 Å². The predicted octanol–water partition coefficient (Wildman–Crippen LogP) is 3.84. The smallest absolute Gasteiger partial charge is 0.410 e. The first-order valence-electron chi connectivity index (χ1n) is 11.9. The summed E-state index contributed by atoms with van der Waals surface area (Å²) in [5, 5.41) is 0.567. The van der Waals surface area contributed by atoms with Gasteiger partial charge in [-0.15, -0.1) is 11.3 Å². The molecule has 186 valence electrons. The Kier molecular flexibility index (Phi) is 6.65. The normalized spacial score (nSPS) is 13.0. The molecule has 5 rings (SSSR count). The Morgan fingerprint density at radius 3 is 2.50 bits per heavy atom. The van der Waals surface area contributed by atoms with Gasteiger partial charge in [-0.05, 0) is 42.2 Å². The summed E-state index contributed by atoms with van der Waals surface area (Å²) in [7, 11) is 1.60. The number of thiophene rings is 1. The molecule has 0 aliphatic carbocycles. The molecule has 1 aliphatic rings. The van der Waals surface area contributed by atoms with E-state index in [9.17, 15) is 14.4 Å². The lowest BCUT2D eigenvalue weighted by Gasteiger charge is -2.25. The minimum absolute atomic E-state index is 0.187. The second-order valence-corrected chi connectivity index (χ2v) is 9.74. The maximum Gasteiger partial charge on any atom is 0.410 e. The van der Waals surface area contributed by atoms with Gasteiger partial charge in [0.15, 0.2) is 0 Å². The standard InChI is InChI=1S/C27H27N3O5S/c1-3-35-27(33)28-13-12-21-22(17-28)36-25-23(21)24(31)29(15-18-8-5-4-6-9-18)26(32)30(25)16-19-10-7-11-20(14-19)34-2/h4-11,14H,3,12-13,15-17H2,1-2H3. The number of benzene rings is 2. The molecule has 0 saturated carbocycles. The van der Waals surface area contributed by atoms with Crippen molar-refractivity contribution in [3.05, 3.63) is 97.0 Å². The Morgan fingerprint density at radius 2 is 1.75 bits per heavy atom. The van der Waals surface area contributed by atoms with Crippen molar-refractivity contribution >= 4 is 27.6 Å². The SMILES string of the molecule is CCOC(=O)N1CCc2c(sc3c2c(=O)n(Cc2ccccc2)c(=O)n3Cc2cccc(OC)c2)C1. The zero-order valence-electron chi connectivity index (χ0n) is 20.2. The van der Waals surface area contributed by atoms with Crippen molar-refractivity contribution < 1.29 is 14.3 Å². The Bertz CT molecular complexity index is 1540. The third-order valence-corrected chi connectivity index (χ3v) is 7.63. The average Bonchev–Trinajstić information content (AvgIpc) is 3.29. The molecular weight excluding hydrogens is 478 g/mol. The first-order chi connectivity index (χ1) is 17.5. The van der Waals surface area contributed by atoms with E-state index < -0.39 is 0 Å². The zero-order chi connectivity index (χ0) is 25.2. The van der Waals surface area contributed by atoms with Crippen LogP contribution in [0.15, 0.2) is 64.2 Å². The summed E-state index contributed by atoms with van der Waals surface area (Å²) in [5.41, 5.74) is 2.04. The van der Waals surface area contributed by atoms with Crippen molar-refractivity contribution in [2.24, 2.45) is 0 Å². The quantitative estimate of drug-likeness (QED) is 0.398. The van der Waals surface area contributed by atoms with E-state index in [4.69, 9.17) is 9.47 Å². The van der Waals surface area contributed by atoms with Gasteiger partial charge in [-0.1, -0.05) is 42.5 Å². The summed E-state index contributed by atoms with van der Waals surface area (Å²) in [6.07, 6.45) is 0.169. The number of aromatic nitrogens is 2. The minimum atomic E-state index is -0.365. The van der Waals surface area contributed by atoms with Crippen LogP contribution >= 0.6 is 11.3 Å². The van der Waals surface area contributed by atoms with Gasteiger partial charge in [-0.3, -0.25) is 13.9 Å². The molecule has 9 heteroatoms. The van der Waals surface area contributed by atoms with Crippen molar-refractivity contribution in [1.29, 1.82) is 0 Å². The molecule has 0 spiro atoms. The highest BCUT2D eigenvalue weighted by atomic mass is 32.1. The Hall–Kier alpha value is -3.85.